The molecule has 0 atom stereocenters. The van der Waals surface area contributed by atoms with E-state index in [1.807, 2.05) is 20.8 Å². The lowest BCUT2D eigenvalue weighted by Crippen LogP contribution is -2.19. The van der Waals surface area contributed by atoms with Crippen molar-refractivity contribution in [1.29, 1.82) is 0 Å². The number of hydrogen-bond donors (Lipinski definition) is 2. The number of carboxylic acids is 1. The summed E-state index contributed by atoms with van der Waals surface area (Å²) in [4.78, 5) is 15.7. The Morgan fingerprint density at radius 3 is 2.50 bits per heavy atom. The van der Waals surface area contributed by atoms with Crippen LogP contribution in [0.1, 0.15) is 42.4 Å². The molecule has 0 aliphatic rings. The van der Waals surface area contributed by atoms with E-state index in [0.717, 1.165) is 0 Å². The first-order valence-corrected chi connectivity index (χ1v) is 5.89. The number of rotatable bonds is 1. The Bertz CT molecular complexity index is 641. The molecule has 0 saturated carbocycles. The molecular formula is C12H14ClN3O2. The molecule has 0 aliphatic carbocycles. The van der Waals surface area contributed by atoms with Gasteiger partial charge in [0.15, 0.2) is 5.65 Å². The van der Waals surface area contributed by atoms with Gasteiger partial charge in [0.2, 0.25) is 0 Å². The van der Waals surface area contributed by atoms with Gasteiger partial charge in [-0.1, -0.05) is 32.4 Å². The van der Waals surface area contributed by atoms with Gasteiger partial charge < -0.3 is 5.11 Å². The van der Waals surface area contributed by atoms with Gasteiger partial charge in [0.1, 0.15) is 5.15 Å². The monoisotopic (exact) mass is 267 g/mol. The van der Waals surface area contributed by atoms with Gasteiger partial charge in [-0.05, 0) is 12.3 Å². The van der Waals surface area contributed by atoms with Crippen molar-refractivity contribution in [2.75, 3.05) is 0 Å². The number of fused-ring (bicyclic) bond motifs is 1. The van der Waals surface area contributed by atoms with Gasteiger partial charge in [-0.15, -0.1) is 0 Å². The molecule has 0 aliphatic heterocycles. The average molecular weight is 268 g/mol. The lowest BCUT2D eigenvalue weighted by atomic mass is 9.84. The SMILES string of the molecule is Cc1[nH]nc2nc(Cl)c(C(C)(C)C)c(C(=O)O)c12. The fourth-order valence-corrected chi connectivity index (χ4v) is 2.53. The zero-order chi connectivity index (χ0) is 13.7. The van der Waals surface area contributed by atoms with E-state index in [1.54, 1.807) is 6.92 Å². The normalized spacial score (nSPS) is 12.1. The van der Waals surface area contributed by atoms with Crippen molar-refractivity contribution in [3.05, 3.63) is 22.0 Å². The number of hydrogen-bond acceptors (Lipinski definition) is 3. The van der Waals surface area contributed by atoms with Crippen LogP contribution in [0.5, 0.6) is 0 Å². The van der Waals surface area contributed by atoms with Gasteiger partial charge in [-0.2, -0.15) is 5.10 Å². The molecule has 0 amide bonds. The van der Waals surface area contributed by atoms with E-state index in [4.69, 9.17) is 11.6 Å². The topological polar surface area (TPSA) is 78.9 Å². The average Bonchev–Trinajstić information content (AvgIpc) is 2.56. The summed E-state index contributed by atoms with van der Waals surface area (Å²) in [5, 5.41) is 16.9. The number of carboxylic acid groups (broad SMARTS) is 1. The van der Waals surface area contributed by atoms with Crippen LogP contribution in [0.15, 0.2) is 0 Å². The van der Waals surface area contributed by atoms with Crippen LogP contribution in [-0.2, 0) is 5.41 Å². The summed E-state index contributed by atoms with van der Waals surface area (Å²) in [5.41, 5.74) is 1.33. The van der Waals surface area contributed by atoms with Gasteiger partial charge in [0.05, 0.1) is 10.9 Å². The molecule has 96 valence electrons. The van der Waals surface area contributed by atoms with Crippen molar-refractivity contribution in [2.45, 2.75) is 33.1 Å². The summed E-state index contributed by atoms with van der Waals surface area (Å²) in [5.74, 6) is -1.02. The molecule has 0 aromatic carbocycles. The fourth-order valence-electron chi connectivity index (χ4n) is 2.07. The van der Waals surface area contributed by atoms with Crippen LogP contribution in [0.3, 0.4) is 0 Å². The van der Waals surface area contributed by atoms with Gasteiger partial charge in [-0.25, -0.2) is 9.78 Å². The predicted octanol–water partition coefficient (Wildman–Crippen LogP) is 2.92. The first kappa shape index (κ1) is 12.8. The van der Waals surface area contributed by atoms with E-state index < -0.39 is 11.4 Å². The molecule has 0 unspecified atom stereocenters. The van der Waals surface area contributed by atoms with Crippen LogP contribution in [0.25, 0.3) is 11.0 Å². The number of aryl methyl sites for hydroxylation is 1. The number of nitrogens with zero attached hydrogens (tertiary/aromatic N) is 2. The smallest absolute Gasteiger partial charge is 0.336 e. The molecule has 0 bridgehead atoms. The summed E-state index contributed by atoms with van der Waals surface area (Å²) < 4.78 is 0. The lowest BCUT2D eigenvalue weighted by Gasteiger charge is -2.22. The van der Waals surface area contributed by atoms with Crippen LogP contribution in [-0.4, -0.2) is 26.3 Å². The Morgan fingerprint density at radius 2 is 2.00 bits per heavy atom. The Kier molecular flexibility index (Phi) is 2.81. The summed E-state index contributed by atoms with van der Waals surface area (Å²) >= 11 is 6.12. The largest absolute Gasteiger partial charge is 0.478 e. The summed E-state index contributed by atoms with van der Waals surface area (Å²) in [6.07, 6.45) is 0. The summed E-state index contributed by atoms with van der Waals surface area (Å²) in [6, 6.07) is 0. The van der Waals surface area contributed by atoms with Crippen LogP contribution in [0, 0.1) is 6.92 Å². The summed E-state index contributed by atoms with van der Waals surface area (Å²) in [7, 11) is 0. The van der Waals surface area contributed by atoms with Crippen LogP contribution < -0.4 is 0 Å². The highest BCUT2D eigenvalue weighted by molar-refractivity contribution is 6.31. The second-order valence-corrected chi connectivity index (χ2v) is 5.61. The quantitative estimate of drug-likeness (QED) is 0.779. The summed E-state index contributed by atoms with van der Waals surface area (Å²) in [6.45, 7) is 7.49. The Labute approximate surface area is 109 Å². The predicted molar refractivity (Wildman–Crippen MR) is 69.3 cm³/mol. The van der Waals surface area contributed by atoms with Crippen molar-refractivity contribution in [3.63, 3.8) is 0 Å². The third-order valence-electron chi connectivity index (χ3n) is 2.80. The van der Waals surface area contributed by atoms with Gasteiger partial charge in [-0.3, -0.25) is 5.10 Å². The second-order valence-electron chi connectivity index (χ2n) is 5.25. The molecule has 2 rings (SSSR count). The van der Waals surface area contributed by atoms with Gasteiger partial charge >= 0.3 is 5.97 Å². The van der Waals surface area contributed by atoms with Crippen LogP contribution in [0.2, 0.25) is 5.15 Å². The maximum atomic E-state index is 11.6. The molecule has 5 nitrogen and oxygen atoms in total. The molecule has 0 fully saturated rings. The maximum Gasteiger partial charge on any atom is 0.336 e. The number of carbonyl (C=O) groups is 1. The van der Waals surface area contributed by atoms with Crippen molar-refractivity contribution in [3.8, 4) is 0 Å². The zero-order valence-electron chi connectivity index (χ0n) is 10.6. The molecule has 0 spiro atoms. The molecule has 0 radical (unpaired) electrons. The van der Waals surface area contributed by atoms with Gasteiger partial charge in [0, 0.05) is 11.3 Å². The van der Waals surface area contributed by atoms with E-state index in [0.29, 0.717) is 22.3 Å². The van der Waals surface area contributed by atoms with Crippen molar-refractivity contribution >= 4 is 28.6 Å². The minimum atomic E-state index is -1.02. The van der Waals surface area contributed by atoms with Crippen molar-refractivity contribution in [1.82, 2.24) is 15.2 Å². The number of nitrogens with one attached hydrogen (secondary N) is 1. The molecule has 2 aromatic heterocycles. The number of halogens is 1. The van der Waals surface area contributed by atoms with E-state index in [1.165, 1.54) is 0 Å². The number of pyridine rings is 1. The number of aromatic carboxylic acids is 1. The third kappa shape index (κ3) is 1.84. The lowest BCUT2D eigenvalue weighted by molar-refractivity contribution is 0.0696. The molecule has 0 saturated heterocycles. The molecular weight excluding hydrogens is 254 g/mol. The minimum absolute atomic E-state index is 0.184. The molecule has 18 heavy (non-hydrogen) atoms. The fraction of sp³-hybridized carbons (Fsp3) is 0.417. The Balaban J connectivity index is 3.01. The zero-order valence-corrected chi connectivity index (χ0v) is 11.4. The second kappa shape index (κ2) is 3.95. The number of aromatic amines is 1. The third-order valence-corrected chi connectivity index (χ3v) is 3.08. The van der Waals surface area contributed by atoms with Crippen LogP contribution in [0.4, 0.5) is 0 Å². The first-order chi connectivity index (χ1) is 8.23. The van der Waals surface area contributed by atoms with E-state index in [2.05, 4.69) is 15.2 Å². The standard InChI is InChI=1S/C12H14ClN3O2/c1-5-6-7(11(17)18)8(12(2,3)4)9(13)14-10(6)16-15-5/h1-4H3,(H,17,18)(H,14,15,16). The first-order valence-electron chi connectivity index (χ1n) is 5.51. The van der Waals surface area contributed by atoms with E-state index in [9.17, 15) is 9.90 Å². The highest BCUT2D eigenvalue weighted by Gasteiger charge is 2.29. The molecule has 2 heterocycles. The van der Waals surface area contributed by atoms with Crippen molar-refractivity contribution < 1.29 is 9.90 Å². The molecule has 2 N–H and O–H groups in total. The van der Waals surface area contributed by atoms with Crippen molar-refractivity contribution in [2.24, 2.45) is 0 Å². The highest BCUT2D eigenvalue weighted by atomic mass is 35.5. The Hall–Kier alpha value is -1.62. The Morgan fingerprint density at radius 1 is 1.39 bits per heavy atom. The van der Waals surface area contributed by atoms with E-state index >= 15 is 0 Å². The molecule has 6 heteroatoms. The molecule has 2 aromatic rings. The van der Waals surface area contributed by atoms with Gasteiger partial charge in [0.25, 0.3) is 0 Å². The van der Waals surface area contributed by atoms with Crippen LogP contribution >= 0.6 is 11.6 Å². The maximum absolute atomic E-state index is 11.6. The minimum Gasteiger partial charge on any atom is -0.478 e. The highest BCUT2D eigenvalue weighted by Crippen LogP contribution is 2.35. The van der Waals surface area contributed by atoms with E-state index in [-0.39, 0.29) is 10.7 Å². The number of aromatic nitrogens is 3. The number of H-pyrrole nitrogens is 1.